The Labute approximate surface area is 101 Å². The number of benzene rings is 1. The zero-order valence-corrected chi connectivity index (χ0v) is 10.2. The van der Waals surface area contributed by atoms with E-state index in [2.05, 4.69) is 10.5 Å². The molecule has 0 bridgehead atoms. The molecular weight excluding hydrogens is 218 g/mol. The van der Waals surface area contributed by atoms with Crippen molar-refractivity contribution in [2.75, 3.05) is 11.9 Å². The van der Waals surface area contributed by atoms with E-state index in [9.17, 15) is 0 Å². The molecule has 1 atom stereocenters. The summed E-state index contributed by atoms with van der Waals surface area (Å²) in [5.74, 6) is 1.04. The number of amidine groups is 1. The van der Waals surface area contributed by atoms with Crippen molar-refractivity contribution in [3.63, 3.8) is 0 Å². The van der Waals surface area contributed by atoms with Gasteiger partial charge in [-0.2, -0.15) is 0 Å². The maximum Gasteiger partial charge on any atom is 0.141 e. The molecular formula is C12H19N3O2. The Balaban J connectivity index is 2.58. The van der Waals surface area contributed by atoms with Crippen LogP contribution in [0.2, 0.25) is 0 Å². The van der Waals surface area contributed by atoms with Gasteiger partial charge in [-0.3, -0.25) is 0 Å². The van der Waals surface area contributed by atoms with Gasteiger partial charge in [0.25, 0.3) is 0 Å². The fourth-order valence-corrected chi connectivity index (χ4v) is 1.53. The second-order valence-electron chi connectivity index (χ2n) is 3.80. The monoisotopic (exact) mass is 237 g/mol. The summed E-state index contributed by atoms with van der Waals surface area (Å²) in [5, 5.41) is 14.7. The van der Waals surface area contributed by atoms with Crippen LogP contribution >= 0.6 is 0 Å². The fraction of sp³-hybridized carbons (Fsp3) is 0.417. The van der Waals surface area contributed by atoms with Crippen LogP contribution in [0.3, 0.4) is 0 Å². The molecule has 0 saturated heterocycles. The lowest BCUT2D eigenvalue weighted by Crippen LogP contribution is -2.24. The molecule has 1 unspecified atom stereocenters. The van der Waals surface area contributed by atoms with E-state index in [-0.39, 0.29) is 11.9 Å². The minimum Gasteiger partial charge on any atom is -0.494 e. The molecule has 1 aromatic carbocycles. The van der Waals surface area contributed by atoms with Gasteiger partial charge in [-0.05, 0) is 26.0 Å². The van der Waals surface area contributed by atoms with Crippen LogP contribution in [0.1, 0.15) is 20.3 Å². The minimum atomic E-state index is 0.0859. The number of anilines is 1. The minimum absolute atomic E-state index is 0.0859. The highest BCUT2D eigenvalue weighted by molar-refractivity contribution is 5.80. The van der Waals surface area contributed by atoms with Crippen molar-refractivity contribution in [1.29, 1.82) is 0 Å². The Morgan fingerprint density at radius 1 is 1.59 bits per heavy atom. The average molecular weight is 237 g/mol. The molecule has 0 aromatic heterocycles. The van der Waals surface area contributed by atoms with Gasteiger partial charge in [0.15, 0.2) is 0 Å². The number of oxime groups is 1. The summed E-state index contributed by atoms with van der Waals surface area (Å²) in [7, 11) is 0. The number of nitrogens with zero attached hydrogens (tertiary/aromatic N) is 1. The lowest BCUT2D eigenvalue weighted by atomic mass is 10.2. The van der Waals surface area contributed by atoms with Gasteiger partial charge in [-0.1, -0.05) is 11.2 Å². The topological polar surface area (TPSA) is 79.9 Å². The van der Waals surface area contributed by atoms with Crippen molar-refractivity contribution in [3.05, 3.63) is 24.3 Å². The van der Waals surface area contributed by atoms with E-state index in [4.69, 9.17) is 15.7 Å². The number of hydrogen-bond donors (Lipinski definition) is 3. The highest BCUT2D eigenvalue weighted by Gasteiger charge is 2.05. The Kier molecular flexibility index (Phi) is 5.13. The van der Waals surface area contributed by atoms with Crippen molar-refractivity contribution in [1.82, 2.24) is 0 Å². The Bertz CT molecular complexity index is 380. The molecule has 0 heterocycles. The van der Waals surface area contributed by atoms with E-state index in [0.29, 0.717) is 13.0 Å². The summed E-state index contributed by atoms with van der Waals surface area (Å²) in [6, 6.07) is 7.78. The first-order valence-electron chi connectivity index (χ1n) is 5.61. The van der Waals surface area contributed by atoms with E-state index < -0.39 is 0 Å². The van der Waals surface area contributed by atoms with E-state index in [1.165, 1.54) is 0 Å². The van der Waals surface area contributed by atoms with Gasteiger partial charge >= 0.3 is 0 Å². The molecule has 1 rings (SSSR count). The first-order chi connectivity index (χ1) is 8.15. The zero-order chi connectivity index (χ0) is 12.7. The van der Waals surface area contributed by atoms with Crippen molar-refractivity contribution < 1.29 is 9.94 Å². The number of nitrogens with one attached hydrogen (secondary N) is 1. The molecule has 0 spiro atoms. The highest BCUT2D eigenvalue weighted by atomic mass is 16.5. The largest absolute Gasteiger partial charge is 0.494 e. The van der Waals surface area contributed by atoms with Crippen LogP contribution in [0.5, 0.6) is 5.75 Å². The second-order valence-corrected chi connectivity index (χ2v) is 3.80. The van der Waals surface area contributed by atoms with Crippen molar-refractivity contribution in [2.45, 2.75) is 26.3 Å². The Hall–Kier alpha value is -1.91. The van der Waals surface area contributed by atoms with Crippen LogP contribution in [-0.2, 0) is 0 Å². The van der Waals surface area contributed by atoms with Gasteiger partial charge < -0.3 is 21.0 Å². The molecule has 0 saturated carbocycles. The third-order valence-electron chi connectivity index (χ3n) is 2.20. The van der Waals surface area contributed by atoms with Crippen LogP contribution in [-0.4, -0.2) is 23.7 Å². The summed E-state index contributed by atoms with van der Waals surface area (Å²) in [4.78, 5) is 0. The van der Waals surface area contributed by atoms with Gasteiger partial charge in [-0.15, -0.1) is 0 Å². The molecule has 0 amide bonds. The smallest absolute Gasteiger partial charge is 0.141 e. The van der Waals surface area contributed by atoms with Crippen LogP contribution < -0.4 is 15.8 Å². The molecule has 17 heavy (non-hydrogen) atoms. The summed E-state index contributed by atoms with van der Waals surface area (Å²) in [6.45, 7) is 4.55. The van der Waals surface area contributed by atoms with Gasteiger partial charge in [0, 0.05) is 24.2 Å². The number of hydrogen-bond acceptors (Lipinski definition) is 4. The van der Waals surface area contributed by atoms with Crippen LogP contribution in [0.4, 0.5) is 5.69 Å². The van der Waals surface area contributed by atoms with Crippen molar-refractivity contribution in [2.24, 2.45) is 10.9 Å². The van der Waals surface area contributed by atoms with E-state index in [1.54, 1.807) is 0 Å². The third kappa shape index (κ3) is 4.63. The highest BCUT2D eigenvalue weighted by Crippen LogP contribution is 2.18. The summed E-state index contributed by atoms with van der Waals surface area (Å²) >= 11 is 0. The Morgan fingerprint density at radius 3 is 3.00 bits per heavy atom. The molecule has 0 fully saturated rings. The number of ether oxygens (including phenoxy) is 1. The standard InChI is InChI=1S/C12H19N3O2/c1-3-17-11-6-4-5-10(8-11)14-9(2)7-12(13)15-16/h4-6,8-9,14,16H,3,7H2,1-2H3,(H2,13,15). The maximum absolute atomic E-state index is 8.48. The van der Waals surface area contributed by atoms with Crippen LogP contribution in [0.15, 0.2) is 29.4 Å². The van der Waals surface area contributed by atoms with E-state index >= 15 is 0 Å². The van der Waals surface area contributed by atoms with Gasteiger partial charge in [0.05, 0.1) is 6.61 Å². The number of rotatable bonds is 6. The SMILES string of the molecule is CCOc1cccc(NC(C)C/C(N)=N/O)c1. The average Bonchev–Trinajstić information content (AvgIpc) is 2.29. The lowest BCUT2D eigenvalue weighted by molar-refractivity contribution is 0.316. The normalized spacial score (nSPS) is 13.2. The van der Waals surface area contributed by atoms with Crippen LogP contribution in [0, 0.1) is 0 Å². The molecule has 4 N–H and O–H groups in total. The third-order valence-corrected chi connectivity index (χ3v) is 2.20. The van der Waals surface area contributed by atoms with E-state index in [1.807, 2.05) is 38.1 Å². The predicted molar refractivity (Wildman–Crippen MR) is 68.7 cm³/mol. The molecule has 94 valence electrons. The van der Waals surface area contributed by atoms with Gasteiger partial charge in [-0.25, -0.2) is 0 Å². The maximum atomic E-state index is 8.48. The number of nitrogens with two attached hydrogens (primary N) is 1. The van der Waals surface area contributed by atoms with Crippen molar-refractivity contribution in [3.8, 4) is 5.75 Å². The molecule has 0 radical (unpaired) electrons. The van der Waals surface area contributed by atoms with Crippen molar-refractivity contribution >= 4 is 11.5 Å². The molecule has 0 aliphatic heterocycles. The van der Waals surface area contributed by atoms with Crippen LogP contribution in [0.25, 0.3) is 0 Å². The zero-order valence-electron chi connectivity index (χ0n) is 10.2. The predicted octanol–water partition coefficient (Wildman–Crippen LogP) is 2.02. The molecule has 0 aliphatic carbocycles. The van der Waals surface area contributed by atoms with E-state index in [0.717, 1.165) is 11.4 Å². The second kappa shape index (κ2) is 6.62. The Morgan fingerprint density at radius 2 is 2.35 bits per heavy atom. The summed E-state index contributed by atoms with van der Waals surface area (Å²) < 4.78 is 5.40. The molecule has 5 nitrogen and oxygen atoms in total. The van der Waals surface area contributed by atoms with Gasteiger partial charge in [0.2, 0.25) is 0 Å². The fourth-order valence-electron chi connectivity index (χ4n) is 1.53. The quantitative estimate of drug-likeness (QED) is 0.306. The molecule has 5 heteroatoms. The molecule has 1 aromatic rings. The van der Waals surface area contributed by atoms with Gasteiger partial charge in [0.1, 0.15) is 11.6 Å². The first-order valence-corrected chi connectivity index (χ1v) is 5.61. The summed E-state index contributed by atoms with van der Waals surface area (Å²) in [6.07, 6.45) is 0.482. The summed E-state index contributed by atoms with van der Waals surface area (Å²) in [5.41, 5.74) is 6.39. The first kappa shape index (κ1) is 13.2. The lowest BCUT2D eigenvalue weighted by Gasteiger charge is -2.15. The molecule has 0 aliphatic rings.